The lowest BCUT2D eigenvalue weighted by molar-refractivity contribution is 0.0695. The highest BCUT2D eigenvalue weighted by molar-refractivity contribution is 14.1. The Morgan fingerprint density at radius 2 is 1.78 bits per heavy atom. The van der Waals surface area contributed by atoms with E-state index in [0.717, 1.165) is 0 Å². The number of nitrogens with one attached hydrogen (secondary N) is 1. The van der Waals surface area contributed by atoms with Crippen LogP contribution in [0.2, 0.25) is 0 Å². The lowest BCUT2D eigenvalue weighted by atomic mass is 9.95. The van der Waals surface area contributed by atoms with Crippen LogP contribution in [-0.4, -0.2) is 40.3 Å². The van der Waals surface area contributed by atoms with E-state index in [1.54, 1.807) is 0 Å². The smallest absolute Gasteiger partial charge is 0.342 e. The molecule has 0 fully saturated rings. The molecule has 0 saturated carbocycles. The van der Waals surface area contributed by atoms with E-state index in [9.17, 15) is 24.6 Å². The van der Waals surface area contributed by atoms with Crippen LogP contribution in [0.5, 0.6) is 11.5 Å². The molecule has 144 valence electrons. The number of nitrogens with two attached hydrogens (primary N) is 1. The van der Waals surface area contributed by atoms with Crippen molar-refractivity contribution in [3.63, 3.8) is 0 Å². The average molecular weight is 488 g/mol. The number of H-pyrrole nitrogens is 1. The zero-order valence-corrected chi connectivity index (χ0v) is 16.8. The molecule has 1 aromatic heterocycles. The minimum absolute atomic E-state index is 0.153. The second-order valence-electron chi connectivity index (χ2n) is 5.76. The van der Waals surface area contributed by atoms with Crippen LogP contribution < -0.4 is 20.8 Å². The molecular weight excluding hydrogens is 471 g/mol. The number of aromatic carboxylic acids is 2. The molecule has 0 unspecified atom stereocenters. The van der Waals surface area contributed by atoms with Crippen molar-refractivity contribution in [3.05, 3.63) is 37.2 Å². The van der Waals surface area contributed by atoms with Crippen LogP contribution >= 0.6 is 22.6 Å². The van der Waals surface area contributed by atoms with Gasteiger partial charge in [-0.2, -0.15) is 0 Å². The number of carbonyl (C=O) groups is 2. The molecule has 0 radical (unpaired) electrons. The maximum Gasteiger partial charge on any atom is 0.342 e. The van der Waals surface area contributed by atoms with Gasteiger partial charge in [0.2, 0.25) is 0 Å². The number of halogens is 1. The van der Waals surface area contributed by atoms with E-state index in [1.807, 2.05) is 36.4 Å². The highest BCUT2D eigenvalue weighted by Crippen LogP contribution is 2.40. The molecule has 9 nitrogen and oxygen atoms in total. The molecule has 0 aliphatic carbocycles. The third-order valence-corrected chi connectivity index (χ3v) is 4.35. The third-order valence-electron chi connectivity index (χ3n) is 3.54. The number of benzene rings is 1. The summed E-state index contributed by atoms with van der Waals surface area (Å²) in [6.45, 7) is 3.65. The summed E-state index contributed by atoms with van der Waals surface area (Å²) in [5, 5.41) is 19.0. The van der Waals surface area contributed by atoms with Crippen LogP contribution in [0.1, 0.15) is 34.6 Å². The highest BCUT2D eigenvalue weighted by atomic mass is 127. The van der Waals surface area contributed by atoms with E-state index >= 15 is 0 Å². The fourth-order valence-electron chi connectivity index (χ4n) is 2.55. The van der Waals surface area contributed by atoms with Crippen molar-refractivity contribution in [3.8, 4) is 22.6 Å². The summed E-state index contributed by atoms with van der Waals surface area (Å²) in [7, 11) is 1.39. The van der Waals surface area contributed by atoms with Gasteiger partial charge in [0.15, 0.2) is 11.5 Å². The molecule has 5 N–H and O–H groups in total. The van der Waals surface area contributed by atoms with Crippen LogP contribution in [0, 0.1) is 3.57 Å². The van der Waals surface area contributed by atoms with Gasteiger partial charge in [-0.25, -0.2) is 9.59 Å². The Hall–Kier alpha value is -2.76. The summed E-state index contributed by atoms with van der Waals surface area (Å²) in [6, 6.07) is 2.92. The molecule has 0 spiro atoms. The third kappa shape index (κ3) is 3.99. The van der Waals surface area contributed by atoms with Crippen molar-refractivity contribution in [2.24, 2.45) is 0 Å². The number of carboxylic acid groups (broad SMARTS) is 2. The standard InChI is InChI=1S/C17H17IN2O7/c1-6(2)27-13-8(18)4-7(5-9(13)26-3)10-11(16(22)23)14(19)20-15(21)12(10)17(24)25/h4-6H,1-3H3,(H,22,23)(H,24,25)(H3,19,20,21). The van der Waals surface area contributed by atoms with Crippen LogP contribution in [-0.2, 0) is 0 Å². The molecule has 0 amide bonds. The molecule has 10 heteroatoms. The van der Waals surface area contributed by atoms with E-state index < -0.39 is 34.4 Å². The summed E-state index contributed by atoms with van der Waals surface area (Å²) in [5.74, 6) is -2.81. The van der Waals surface area contributed by atoms with Crippen molar-refractivity contribution in [2.75, 3.05) is 12.8 Å². The Kier molecular flexibility index (Phi) is 5.98. The van der Waals surface area contributed by atoms with Crippen molar-refractivity contribution < 1.29 is 29.3 Å². The van der Waals surface area contributed by atoms with Crippen molar-refractivity contribution >= 4 is 40.3 Å². The molecule has 1 heterocycles. The summed E-state index contributed by atoms with van der Waals surface area (Å²) in [6.07, 6.45) is -0.155. The second kappa shape index (κ2) is 7.86. The maximum atomic E-state index is 12.1. The number of carboxylic acids is 2. The number of aromatic amines is 1. The van der Waals surface area contributed by atoms with Gasteiger partial charge in [0, 0.05) is 5.56 Å². The van der Waals surface area contributed by atoms with Gasteiger partial charge < -0.3 is 30.4 Å². The van der Waals surface area contributed by atoms with Crippen LogP contribution in [0.3, 0.4) is 0 Å². The predicted octanol–water partition coefficient (Wildman–Crippen LogP) is 2.42. The fraction of sp³-hybridized carbons (Fsp3) is 0.235. The monoisotopic (exact) mass is 488 g/mol. The Labute approximate surface area is 167 Å². The molecule has 0 aliphatic heterocycles. The number of hydrogen-bond donors (Lipinski definition) is 4. The van der Waals surface area contributed by atoms with Gasteiger partial charge in [0.05, 0.1) is 16.8 Å². The summed E-state index contributed by atoms with van der Waals surface area (Å²) in [4.78, 5) is 37.5. The molecule has 0 atom stereocenters. The Bertz CT molecular complexity index is 982. The number of ether oxygens (including phenoxy) is 2. The lowest BCUT2D eigenvalue weighted by Gasteiger charge is -2.18. The van der Waals surface area contributed by atoms with Gasteiger partial charge in [-0.15, -0.1) is 0 Å². The molecular formula is C17H17IN2O7. The first-order chi connectivity index (χ1) is 12.6. The molecule has 0 bridgehead atoms. The largest absolute Gasteiger partial charge is 0.493 e. The first-order valence-corrected chi connectivity index (χ1v) is 8.73. The number of nitrogen functional groups attached to an aromatic ring is 1. The number of methoxy groups -OCH3 is 1. The molecule has 2 aromatic rings. The number of aromatic nitrogens is 1. The van der Waals surface area contributed by atoms with Gasteiger partial charge in [-0.3, -0.25) is 4.79 Å². The Balaban J connectivity index is 2.93. The van der Waals surface area contributed by atoms with Crippen LogP contribution in [0.15, 0.2) is 16.9 Å². The zero-order valence-electron chi connectivity index (χ0n) is 14.6. The topological polar surface area (TPSA) is 152 Å². The Morgan fingerprint density at radius 3 is 2.26 bits per heavy atom. The minimum atomic E-state index is -1.58. The molecule has 1 aromatic carbocycles. The van der Waals surface area contributed by atoms with E-state index in [0.29, 0.717) is 9.32 Å². The van der Waals surface area contributed by atoms with Crippen LogP contribution in [0.4, 0.5) is 5.82 Å². The van der Waals surface area contributed by atoms with Crippen molar-refractivity contribution in [2.45, 2.75) is 20.0 Å². The second-order valence-corrected chi connectivity index (χ2v) is 6.92. The highest BCUT2D eigenvalue weighted by Gasteiger charge is 2.28. The number of pyridine rings is 1. The van der Waals surface area contributed by atoms with Crippen molar-refractivity contribution in [1.29, 1.82) is 0 Å². The van der Waals surface area contributed by atoms with Gasteiger partial charge in [0.25, 0.3) is 5.56 Å². The SMILES string of the molecule is COc1cc(-c2c(C(=O)O)c(N)[nH]c(=O)c2C(=O)O)cc(I)c1OC(C)C. The molecule has 27 heavy (non-hydrogen) atoms. The summed E-state index contributed by atoms with van der Waals surface area (Å²) in [5.41, 5.74) is 3.26. The van der Waals surface area contributed by atoms with Crippen molar-refractivity contribution in [1.82, 2.24) is 4.98 Å². The predicted molar refractivity (Wildman–Crippen MR) is 106 cm³/mol. The van der Waals surface area contributed by atoms with Gasteiger partial charge in [-0.1, -0.05) is 0 Å². The van der Waals surface area contributed by atoms with Crippen LogP contribution in [0.25, 0.3) is 11.1 Å². The van der Waals surface area contributed by atoms with Gasteiger partial charge >= 0.3 is 11.9 Å². The van der Waals surface area contributed by atoms with Gasteiger partial charge in [-0.05, 0) is 54.1 Å². The number of anilines is 1. The number of hydrogen-bond acceptors (Lipinski definition) is 6. The molecule has 0 saturated heterocycles. The van der Waals surface area contributed by atoms with E-state index in [1.165, 1.54) is 19.2 Å². The zero-order chi connectivity index (χ0) is 20.5. The van der Waals surface area contributed by atoms with E-state index in [4.69, 9.17) is 15.2 Å². The first-order valence-electron chi connectivity index (χ1n) is 7.65. The summed E-state index contributed by atoms with van der Waals surface area (Å²) < 4.78 is 11.6. The molecule has 2 rings (SSSR count). The fourth-order valence-corrected chi connectivity index (χ4v) is 3.28. The number of rotatable bonds is 6. The minimum Gasteiger partial charge on any atom is -0.493 e. The van der Waals surface area contributed by atoms with E-state index in [-0.39, 0.29) is 23.0 Å². The van der Waals surface area contributed by atoms with Gasteiger partial charge in [0.1, 0.15) is 16.9 Å². The Morgan fingerprint density at radius 1 is 1.19 bits per heavy atom. The maximum absolute atomic E-state index is 12.1. The average Bonchev–Trinajstić information content (AvgIpc) is 2.54. The van der Waals surface area contributed by atoms with E-state index in [2.05, 4.69) is 4.98 Å². The first kappa shape index (κ1) is 20.6. The summed E-state index contributed by atoms with van der Waals surface area (Å²) >= 11 is 1.95. The lowest BCUT2D eigenvalue weighted by Crippen LogP contribution is -2.24. The quantitative estimate of drug-likeness (QED) is 0.453. The normalized spacial score (nSPS) is 10.7. The molecule has 0 aliphatic rings.